The summed E-state index contributed by atoms with van der Waals surface area (Å²) in [6, 6.07) is 8.63. The molecule has 2 N–H and O–H groups in total. The molecule has 3 heterocycles. The topological polar surface area (TPSA) is 155 Å². The largest absolute Gasteiger partial charge is 0.455 e. The molecule has 1 amide bonds. The van der Waals surface area contributed by atoms with Crippen molar-refractivity contribution >= 4 is 34.8 Å². The molecule has 0 spiro atoms. The highest BCUT2D eigenvalue weighted by Crippen LogP contribution is 2.36. The van der Waals surface area contributed by atoms with E-state index in [9.17, 15) is 19.5 Å². The number of aliphatic hydroxyl groups is 1. The van der Waals surface area contributed by atoms with Gasteiger partial charge in [0.05, 0.1) is 24.8 Å². The van der Waals surface area contributed by atoms with Crippen LogP contribution in [0.3, 0.4) is 0 Å². The zero-order valence-corrected chi connectivity index (χ0v) is 20.9. The summed E-state index contributed by atoms with van der Waals surface area (Å²) in [5, 5.41) is 12.7. The van der Waals surface area contributed by atoms with Crippen molar-refractivity contribution in [1.82, 2.24) is 19.5 Å². The molecule has 4 rings (SSSR count). The number of carbonyl (C=O) groups excluding carboxylic acids is 3. The first-order valence-corrected chi connectivity index (χ1v) is 11.9. The lowest BCUT2D eigenvalue weighted by molar-refractivity contribution is -0.172. The monoisotopic (exact) mass is 511 g/mol. The molecule has 1 fully saturated rings. The second kappa shape index (κ2) is 11.0. The molecular formula is C25H29N5O7. The predicted octanol–water partition coefficient (Wildman–Crippen LogP) is 2.10. The summed E-state index contributed by atoms with van der Waals surface area (Å²) in [5.41, 5.74) is 0.989. The molecule has 1 aliphatic rings. The summed E-state index contributed by atoms with van der Waals surface area (Å²) >= 11 is 0. The van der Waals surface area contributed by atoms with Gasteiger partial charge in [-0.25, -0.2) is 15.0 Å². The van der Waals surface area contributed by atoms with Gasteiger partial charge in [0.15, 0.2) is 35.4 Å². The van der Waals surface area contributed by atoms with Crippen LogP contribution in [0, 0.1) is 11.8 Å². The summed E-state index contributed by atoms with van der Waals surface area (Å²) in [6.45, 7) is 6.21. The number of hydrogen-bond donors (Lipinski definition) is 2. The third-order valence-electron chi connectivity index (χ3n) is 5.81. The molecular weight excluding hydrogens is 482 g/mol. The number of nitrogens with zero attached hydrogens (tertiary/aromatic N) is 4. The SMILES string of the molecule is CC(C)C(=O)O[C@@H]1[C@H](OC(=O)C(C)C)[C@@H](CO)O[C@H]1n1cnc2c(NC(=O)c3ccccc3)ncnc21. The number of hydrogen-bond acceptors (Lipinski definition) is 10. The number of anilines is 1. The summed E-state index contributed by atoms with van der Waals surface area (Å²) in [5.74, 6) is -2.17. The molecule has 1 aromatic carbocycles. The molecule has 0 unspecified atom stereocenters. The van der Waals surface area contributed by atoms with Gasteiger partial charge in [-0.1, -0.05) is 45.9 Å². The van der Waals surface area contributed by atoms with Gasteiger partial charge in [-0.2, -0.15) is 0 Å². The maximum absolute atomic E-state index is 12.7. The van der Waals surface area contributed by atoms with E-state index in [1.54, 1.807) is 58.0 Å². The smallest absolute Gasteiger partial charge is 0.308 e. The molecule has 12 heteroatoms. The quantitative estimate of drug-likeness (QED) is 0.430. The van der Waals surface area contributed by atoms with Crippen LogP contribution in [0.4, 0.5) is 5.82 Å². The molecule has 1 saturated heterocycles. The van der Waals surface area contributed by atoms with Gasteiger partial charge in [-0.05, 0) is 12.1 Å². The maximum atomic E-state index is 12.7. The van der Waals surface area contributed by atoms with E-state index in [0.717, 1.165) is 0 Å². The Kier molecular flexibility index (Phi) is 7.79. The lowest BCUT2D eigenvalue weighted by Gasteiger charge is -2.25. The number of benzene rings is 1. The number of fused-ring (bicyclic) bond motifs is 1. The molecule has 3 aromatic rings. The fraction of sp³-hybridized carbons (Fsp3) is 0.440. The Balaban J connectivity index is 1.69. The minimum absolute atomic E-state index is 0.174. The molecule has 0 saturated carbocycles. The van der Waals surface area contributed by atoms with Gasteiger partial charge in [-0.15, -0.1) is 0 Å². The third-order valence-corrected chi connectivity index (χ3v) is 5.81. The van der Waals surface area contributed by atoms with E-state index in [0.29, 0.717) is 5.56 Å². The number of carbonyl (C=O) groups is 3. The van der Waals surface area contributed by atoms with Crippen LogP contribution in [-0.4, -0.2) is 67.4 Å². The van der Waals surface area contributed by atoms with Crippen LogP contribution in [0.5, 0.6) is 0 Å². The van der Waals surface area contributed by atoms with Crippen molar-refractivity contribution < 1.29 is 33.7 Å². The second-order valence-corrected chi connectivity index (χ2v) is 9.23. The molecule has 0 radical (unpaired) electrons. The van der Waals surface area contributed by atoms with Crippen LogP contribution >= 0.6 is 0 Å². The zero-order valence-electron chi connectivity index (χ0n) is 20.9. The van der Waals surface area contributed by atoms with Crippen LogP contribution in [0.1, 0.15) is 44.3 Å². The number of nitrogens with one attached hydrogen (secondary N) is 1. The Labute approximate surface area is 213 Å². The van der Waals surface area contributed by atoms with Crippen molar-refractivity contribution in [1.29, 1.82) is 0 Å². The first-order chi connectivity index (χ1) is 17.7. The fourth-order valence-corrected chi connectivity index (χ4v) is 3.79. The van der Waals surface area contributed by atoms with Crippen LogP contribution in [-0.2, 0) is 23.8 Å². The van der Waals surface area contributed by atoms with Gasteiger partial charge >= 0.3 is 11.9 Å². The van der Waals surface area contributed by atoms with Gasteiger partial charge in [0.2, 0.25) is 0 Å². The first kappa shape index (κ1) is 26.2. The lowest BCUT2D eigenvalue weighted by atomic mass is 10.1. The van der Waals surface area contributed by atoms with Crippen molar-refractivity contribution in [2.75, 3.05) is 11.9 Å². The Bertz CT molecular complexity index is 1280. The number of esters is 2. The normalized spacial score (nSPS) is 21.4. The summed E-state index contributed by atoms with van der Waals surface area (Å²) < 4.78 is 18.8. The summed E-state index contributed by atoms with van der Waals surface area (Å²) in [7, 11) is 0. The molecule has 2 aromatic heterocycles. The molecule has 4 atom stereocenters. The van der Waals surface area contributed by atoms with Crippen molar-refractivity contribution in [3.05, 3.63) is 48.5 Å². The number of aromatic nitrogens is 4. The van der Waals surface area contributed by atoms with E-state index in [-0.39, 0.29) is 22.9 Å². The number of ether oxygens (including phenoxy) is 3. The maximum Gasteiger partial charge on any atom is 0.308 e. The van der Waals surface area contributed by atoms with Crippen LogP contribution in [0.25, 0.3) is 11.2 Å². The van der Waals surface area contributed by atoms with Crippen molar-refractivity contribution in [3.63, 3.8) is 0 Å². The Morgan fingerprint density at radius 2 is 1.65 bits per heavy atom. The van der Waals surface area contributed by atoms with E-state index in [1.165, 1.54) is 17.2 Å². The zero-order chi connectivity index (χ0) is 26.7. The highest BCUT2D eigenvalue weighted by Gasteiger charge is 2.51. The average molecular weight is 512 g/mol. The molecule has 0 bridgehead atoms. The molecule has 196 valence electrons. The van der Waals surface area contributed by atoms with Crippen molar-refractivity contribution in [3.8, 4) is 0 Å². The molecule has 1 aliphatic heterocycles. The predicted molar refractivity (Wildman–Crippen MR) is 130 cm³/mol. The van der Waals surface area contributed by atoms with E-state index in [4.69, 9.17) is 14.2 Å². The minimum atomic E-state index is -1.09. The fourth-order valence-electron chi connectivity index (χ4n) is 3.79. The minimum Gasteiger partial charge on any atom is -0.455 e. The number of rotatable bonds is 8. The van der Waals surface area contributed by atoms with Crippen molar-refractivity contribution in [2.24, 2.45) is 11.8 Å². The first-order valence-electron chi connectivity index (χ1n) is 11.9. The Hall–Kier alpha value is -3.90. The van der Waals surface area contributed by atoms with E-state index >= 15 is 0 Å². The molecule has 12 nitrogen and oxygen atoms in total. The highest BCUT2D eigenvalue weighted by atomic mass is 16.6. The van der Waals surface area contributed by atoms with Gasteiger partial charge < -0.3 is 24.6 Å². The number of aliphatic hydroxyl groups excluding tert-OH is 1. The van der Waals surface area contributed by atoms with E-state index < -0.39 is 54.9 Å². The lowest BCUT2D eigenvalue weighted by Crippen LogP contribution is -2.42. The molecule has 0 aliphatic carbocycles. The number of imidazole rings is 1. The van der Waals surface area contributed by atoms with Crippen LogP contribution < -0.4 is 5.32 Å². The van der Waals surface area contributed by atoms with Gasteiger partial charge in [-0.3, -0.25) is 19.0 Å². The van der Waals surface area contributed by atoms with Gasteiger partial charge in [0.1, 0.15) is 12.4 Å². The van der Waals surface area contributed by atoms with Gasteiger partial charge in [0, 0.05) is 5.56 Å². The van der Waals surface area contributed by atoms with Crippen LogP contribution in [0.15, 0.2) is 43.0 Å². The van der Waals surface area contributed by atoms with E-state index in [1.807, 2.05) is 0 Å². The molecule has 37 heavy (non-hydrogen) atoms. The number of amides is 1. The van der Waals surface area contributed by atoms with Crippen molar-refractivity contribution in [2.45, 2.75) is 52.2 Å². The Morgan fingerprint density at radius 1 is 1.00 bits per heavy atom. The average Bonchev–Trinajstić information content (AvgIpc) is 3.46. The highest BCUT2D eigenvalue weighted by molar-refractivity contribution is 6.06. The summed E-state index contributed by atoms with van der Waals surface area (Å²) in [6.07, 6.45) is -1.49. The van der Waals surface area contributed by atoms with Crippen LogP contribution in [0.2, 0.25) is 0 Å². The second-order valence-electron chi connectivity index (χ2n) is 9.23. The standard InChI is InChI=1S/C25H29N5O7/c1-13(2)24(33)36-18-16(10-31)35-23(19(18)37-25(34)14(3)4)30-12-28-17-20(26-11-27-21(17)30)29-22(32)15-8-6-5-7-9-15/h5-9,11-14,16,18-19,23,31H,10H2,1-4H3,(H,26,27,29,32)/t16-,18-,19-,23-/m1/s1. The third kappa shape index (κ3) is 5.44. The Morgan fingerprint density at radius 3 is 2.27 bits per heavy atom. The summed E-state index contributed by atoms with van der Waals surface area (Å²) in [4.78, 5) is 50.5. The van der Waals surface area contributed by atoms with E-state index in [2.05, 4.69) is 20.3 Å². The van der Waals surface area contributed by atoms with Gasteiger partial charge in [0.25, 0.3) is 5.91 Å².